The fourth-order valence-electron chi connectivity index (χ4n) is 2.15. The zero-order valence-corrected chi connectivity index (χ0v) is 12.8. The Morgan fingerprint density at radius 3 is 2.75 bits per heavy atom. The van der Waals surface area contributed by atoms with Crippen LogP contribution in [-0.2, 0) is 9.59 Å². The summed E-state index contributed by atoms with van der Waals surface area (Å²) >= 11 is 3.35. The van der Waals surface area contributed by atoms with Gasteiger partial charge < -0.3 is 15.3 Å². The van der Waals surface area contributed by atoms with Crippen molar-refractivity contribution in [1.82, 2.24) is 5.32 Å². The lowest BCUT2D eigenvalue weighted by molar-refractivity contribution is -0.126. The van der Waals surface area contributed by atoms with Crippen LogP contribution in [0.25, 0.3) is 0 Å². The van der Waals surface area contributed by atoms with Gasteiger partial charge in [0.1, 0.15) is 0 Å². The molecule has 0 radical (unpaired) electrons. The average molecular weight is 341 g/mol. The van der Waals surface area contributed by atoms with Gasteiger partial charge in [0.05, 0.1) is 12.0 Å². The summed E-state index contributed by atoms with van der Waals surface area (Å²) in [6.45, 7) is 2.20. The van der Waals surface area contributed by atoms with Gasteiger partial charge in [-0.05, 0) is 31.2 Å². The number of hydrogen-bond donors (Lipinski definition) is 2. The van der Waals surface area contributed by atoms with Crippen LogP contribution in [0, 0.1) is 5.92 Å². The monoisotopic (exact) mass is 340 g/mol. The van der Waals surface area contributed by atoms with E-state index in [1.807, 2.05) is 24.3 Å². The van der Waals surface area contributed by atoms with Crippen LogP contribution >= 0.6 is 15.9 Å². The van der Waals surface area contributed by atoms with Gasteiger partial charge in [-0.25, -0.2) is 0 Å². The van der Waals surface area contributed by atoms with E-state index in [2.05, 4.69) is 21.2 Å². The molecule has 2 rings (SSSR count). The van der Waals surface area contributed by atoms with Gasteiger partial charge in [0, 0.05) is 29.7 Å². The molecule has 2 N–H and O–H groups in total. The van der Waals surface area contributed by atoms with Crippen LogP contribution in [-0.4, -0.2) is 36.1 Å². The molecule has 2 atom stereocenters. The summed E-state index contributed by atoms with van der Waals surface area (Å²) in [7, 11) is 0. The zero-order chi connectivity index (χ0) is 14.7. The number of rotatable bonds is 4. The van der Waals surface area contributed by atoms with Gasteiger partial charge >= 0.3 is 0 Å². The van der Waals surface area contributed by atoms with Gasteiger partial charge in [-0.3, -0.25) is 9.59 Å². The van der Waals surface area contributed by atoms with Gasteiger partial charge in [0.15, 0.2) is 0 Å². The topological polar surface area (TPSA) is 69.6 Å². The lowest BCUT2D eigenvalue weighted by Gasteiger charge is -2.17. The van der Waals surface area contributed by atoms with Crippen molar-refractivity contribution in [3.05, 3.63) is 28.7 Å². The Labute approximate surface area is 126 Å². The molecule has 0 saturated carbocycles. The molecule has 2 unspecified atom stereocenters. The summed E-state index contributed by atoms with van der Waals surface area (Å²) in [5, 5.41) is 11.8. The van der Waals surface area contributed by atoms with Crippen LogP contribution in [0.15, 0.2) is 28.7 Å². The molecule has 1 heterocycles. The Morgan fingerprint density at radius 1 is 1.50 bits per heavy atom. The van der Waals surface area contributed by atoms with E-state index in [-0.39, 0.29) is 30.7 Å². The highest BCUT2D eigenvalue weighted by atomic mass is 79.9. The van der Waals surface area contributed by atoms with Crippen molar-refractivity contribution < 1.29 is 14.7 Å². The number of anilines is 1. The third-order valence-corrected chi connectivity index (χ3v) is 3.73. The first-order chi connectivity index (χ1) is 9.47. The van der Waals surface area contributed by atoms with Gasteiger partial charge in [0.2, 0.25) is 11.8 Å². The quantitative estimate of drug-likeness (QED) is 0.867. The predicted octanol–water partition coefficient (Wildman–Crippen LogP) is 1.30. The lowest BCUT2D eigenvalue weighted by atomic mass is 10.1. The second-order valence-corrected chi connectivity index (χ2v) is 5.89. The molecule has 0 bridgehead atoms. The molecule has 1 aromatic rings. The fraction of sp³-hybridized carbons (Fsp3) is 0.429. The largest absolute Gasteiger partial charge is 0.392 e. The van der Waals surface area contributed by atoms with Gasteiger partial charge in [-0.1, -0.05) is 15.9 Å². The first-order valence-electron chi connectivity index (χ1n) is 6.49. The molecule has 1 saturated heterocycles. The van der Waals surface area contributed by atoms with Crippen LogP contribution in [0.2, 0.25) is 0 Å². The van der Waals surface area contributed by atoms with Crippen molar-refractivity contribution in [3.63, 3.8) is 0 Å². The van der Waals surface area contributed by atoms with Crippen molar-refractivity contribution in [2.45, 2.75) is 19.4 Å². The summed E-state index contributed by atoms with van der Waals surface area (Å²) in [5.41, 5.74) is 0.795. The van der Waals surface area contributed by atoms with Crippen LogP contribution in [0.4, 0.5) is 5.69 Å². The minimum atomic E-state index is -0.585. The molecule has 1 fully saturated rings. The van der Waals surface area contributed by atoms with Crippen molar-refractivity contribution in [2.24, 2.45) is 5.92 Å². The SMILES string of the molecule is CC(O)CNC(=O)C1CC(=O)N(c2ccc(Br)cc2)C1. The van der Waals surface area contributed by atoms with Crippen LogP contribution in [0.1, 0.15) is 13.3 Å². The summed E-state index contributed by atoms with van der Waals surface area (Å²) in [6.07, 6.45) is -0.375. The number of carbonyl (C=O) groups excluding carboxylic acids is 2. The zero-order valence-electron chi connectivity index (χ0n) is 11.2. The van der Waals surface area contributed by atoms with Crippen LogP contribution < -0.4 is 10.2 Å². The number of aliphatic hydroxyl groups is 1. The Balaban J connectivity index is 2.00. The number of nitrogens with zero attached hydrogens (tertiary/aromatic N) is 1. The molecular weight excluding hydrogens is 324 g/mol. The van der Waals surface area contributed by atoms with E-state index in [1.54, 1.807) is 11.8 Å². The second-order valence-electron chi connectivity index (χ2n) is 4.98. The summed E-state index contributed by atoms with van der Waals surface area (Å²) in [4.78, 5) is 25.5. The molecule has 0 aromatic heterocycles. The van der Waals surface area contributed by atoms with E-state index < -0.39 is 6.10 Å². The smallest absolute Gasteiger partial charge is 0.227 e. The van der Waals surface area contributed by atoms with Gasteiger partial charge in [-0.2, -0.15) is 0 Å². The molecular formula is C14H17BrN2O3. The van der Waals surface area contributed by atoms with Crippen LogP contribution in [0.5, 0.6) is 0 Å². The Bertz CT molecular complexity index is 502. The maximum Gasteiger partial charge on any atom is 0.227 e. The van der Waals surface area contributed by atoms with Crippen molar-refractivity contribution >= 4 is 33.4 Å². The van der Waals surface area contributed by atoms with Crippen molar-refractivity contribution in [3.8, 4) is 0 Å². The van der Waals surface area contributed by atoms with E-state index in [9.17, 15) is 9.59 Å². The van der Waals surface area contributed by atoms with Crippen molar-refractivity contribution in [2.75, 3.05) is 18.0 Å². The molecule has 0 aliphatic carbocycles. The Hall–Kier alpha value is -1.40. The highest BCUT2D eigenvalue weighted by Crippen LogP contribution is 2.26. The maximum atomic E-state index is 12.0. The maximum absolute atomic E-state index is 12.0. The third-order valence-electron chi connectivity index (χ3n) is 3.21. The van der Waals surface area contributed by atoms with Gasteiger partial charge in [-0.15, -0.1) is 0 Å². The molecule has 108 valence electrons. The Morgan fingerprint density at radius 2 is 2.15 bits per heavy atom. The number of halogens is 1. The van der Waals surface area contributed by atoms with E-state index in [1.165, 1.54) is 0 Å². The van der Waals surface area contributed by atoms with E-state index in [4.69, 9.17) is 5.11 Å². The van der Waals surface area contributed by atoms with Gasteiger partial charge in [0.25, 0.3) is 0 Å². The molecule has 1 aliphatic heterocycles. The second kappa shape index (κ2) is 6.37. The highest BCUT2D eigenvalue weighted by Gasteiger charge is 2.34. The van der Waals surface area contributed by atoms with Crippen LogP contribution in [0.3, 0.4) is 0 Å². The number of benzene rings is 1. The average Bonchev–Trinajstić information content (AvgIpc) is 2.79. The normalized spacial score (nSPS) is 20.1. The highest BCUT2D eigenvalue weighted by molar-refractivity contribution is 9.10. The van der Waals surface area contributed by atoms with E-state index in [0.29, 0.717) is 6.54 Å². The summed E-state index contributed by atoms with van der Waals surface area (Å²) in [5.74, 6) is -0.590. The molecule has 1 aliphatic rings. The lowest BCUT2D eigenvalue weighted by Crippen LogP contribution is -2.36. The standard InChI is InChI=1S/C14H17BrN2O3/c1-9(18)7-16-14(20)10-6-13(19)17(8-10)12-4-2-11(15)3-5-12/h2-5,9-10,18H,6-8H2,1H3,(H,16,20). The number of hydrogen-bond acceptors (Lipinski definition) is 3. The van der Waals surface area contributed by atoms with E-state index >= 15 is 0 Å². The minimum Gasteiger partial charge on any atom is -0.392 e. The van der Waals surface area contributed by atoms with Crippen molar-refractivity contribution in [1.29, 1.82) is 0 Å². The number of amides is 2. The first kappa shape index (κ1) is 15.0. The summed E-state index contributed by atoms with van der Waals surface area (Å²) < 4.78 is 0.944. The fourth-order valence-corrected chi connectivity index (χ4v) is 2.41. The number of carbonyl (C=O) groups is 2. The molecule has 6 heteroatoms. The molecule has 2 amide bonds. The Kier molecular flexibility index (Phi) is 4.77. The summed E-state index contributed by atoms with van der Waals surface area (Å²) in [6, 6.07) is 7.42. The molecule has 20 heavy (non-hydrogen) atoms. The molecule has 0 spiro atoms. The van der Waals surface area contributed by atoms with E-state index in [0.717, 1.165) is 10.2 Å². The molecule has 5 nitrogen and oxygen atoms in total. The predicted molar refractivity (Wildman–Crippen MR) is 79.3 cm³/mol. The third kappa shape index (κ3) is 3.58. The first-order valence-corrected chi connectivity index (χ1v) is 7.28. The molecule has 1 aromatic carbocycles. The minimum absolute atomic E-state index is 0.0514. The number of nitrogens with one attached hydrogen (secondary N) is 1. The number of aliphatic hydroxyl groups excluding tert-OH is 1.